The number of thiol groups is 1. The van der Waals surface area contributed by atoms with Crippen molar-refractivity contribution in [2.45, 2.75) is 13.3 Å². The minimum Gasteiger partial charge on any atom is -0.466 e. The molecule has 1 atom stereocenters. The van der Waals surface area contributed by atoms with Gasteiger partial charge in [0.05, 0.1) is 12.7 Å². The molecule has 0 radical (unpaired) electrons. The second kappa shape index (κ2) is 3.81. The number of methoxy groups -OCH3 is 1. The third kappa shape index (κ3) is 1.91. The first-order chi connectivity index (χ1) is 5.65. The Bertz CT molecular complexity index is 253. The van der Waals surface area contributed by atoms with Crippen LogP contribution in [0.2, 0.25) is 0 Å². The minimum atomic E-state index is -0.267. The van der Waals surface area contributed by atoms with Crippen molar-refractivity contribution in [2.75, 3.05) is 7.11 Å². The largest absolute Gasteiger partial charge is 0.466 e. The van der Waals surface area contributed by atoms with Gasteiger partial charge in [-0.25, -0.2) is 4.79 Å². The highest BCUT2D eigenvalue weighted by Crippen LogP contribution is 2.25. The molecular weight excluding hydrogens is 172 g/mol. The molecule has 1 aliphatic carbocycles. The van der Waals surface area contributed by atoms with Crippen LogP contribution in [0.15, 0.2) is 22.6 Å². The van der Waals surface area contributed by atoms with E-state index in [2.05, 4.69) is 24.3 Å². The summed E-state index contributed by atoms with van der Waals surface area (Å²) in [6, 6.07) is 0. The molecule has 0 aromatic heterocycles. The number of hydrogen-bond acceptors (Lipinski definition) is 3. The molecule has 0 saturated carbocycles. The van der Waals surface area contributed by atoms with Gasteiger partial charge in [0.1, 0.15) is 0 Å². The summed E-state index contributed by atoms with van der Waals surface area (Å²) in [7, 11) is 1.39. The van der Waals surface area contributed by atoms with Crippen molar-refractivity contribution in [3.8, 4) is 0 Å². The number of rotatable bonds is 1. The van der Waals surface area contributed by atoms with E-state index in [0.717, 1.165) is 11.3 Å². The SMILES string of the molecule is COC(=O)C1=C(S)C=CC(C)C1. The van der Waals surface area contributed by atoms with Crippen molar-refractivity contribution >= 4 is 18.6 Å². The highest BCUT2D eigenvalue weighted by atomic mass is 32.1. The van der Waals surface area contributed by atoms with Crippen molar-refractivity contribution < 1.29 is 9.53 Å². The number of esters is 1. The molecule has 0 fully saturated rings. The van der Waals surface area contributed by atoms with Crippen molar-refractivity contribution in [1.82, 2.24) is 0 Å². The first-order valence-corrected chi connectivity index (χ1v) is 4.28. The Balaban J connectivity index is 2.86. The van der Waals surface area contributed by atoms with Crippen LogP contribution in [0.5, 0.6) is 0 Å². The number of carbonyl (C=O) groups excluding carboxylic acids is 1. The molecule has 2 nitrogen and oxygen atoms in total. The molecule has 1 aliphatic rings. The Kier molecular flexibility index (Phi) is 2.98. The molecule has 12 heavy (non-hydrogen) atoms. The molecule has 66 valence electrons. The molecule has 0 aliphatic heterocycles. The second-order valence-corrected chi connectivity index (χ2v) is 3.38. The Morgan fingerprint density at radius 3 is 3.00 bits per heavy atom. The van der Waals surface area contributed by atoms with Crippen molar-refractivity contribution in [3.63, 3.8) is 0 Å². The van der Waals surface area contributed by atoms with Gasteiger partial charge in [-0.15, -0.1) is 12.6 Å². The summed E-state index contributed by atoms with van der Waals surface area (Å²) in [5, 5.41) is 0. The zero-order valence-electron chi connectivity index (χ0n) is 7.20. The molecule has 0 saturated heterocycles. The van der Waals surface area contributed by atoms with Crippen molar-refractivity contribution in [2.24, 2.45) is 5.92 Å². The van der Waals surface area contributed by atoms with E-state index in [9.17, 15) is 4.79 Å². The maximum absolute atomic E-state index is 11.2. The van der Waals surface area contributed by atoms with Crippen molar-refractivity contribution in [1.29, 1.82) is 0 Å². The smallest absolute Gasteiger partial charge is 0.334 e. The van der Waals surface area contributed by atoms with Gasteiger partial charge in [0.15, 0.2) is 0 Å². The molecule has 0 bridgehead atoms. The average molecular weight is 184 g/mol. The lowest BCUT2D eigenvalue weighted by Crippen LogP contribution is -2.11. The van der Waals surface area contributed by atoms with Gasteiger partial charge >= 0.3 is 5.97 Å². The fraction of sp³-hybridized carbons (Fsp3) is 0.444. The van der Waals surface area contributed by atoms with Gasteiger partial charge < -0.3 is 4.74 Å². The highest BCUT2D eigenvalue weighted by molar-refractivity contribution is 7.84. The van der Waals surface area contributed by atoms with Crippen LogP contribution in [-0.2, 0) is 9.53 Å². The predicted molar refractivity (Wildman–Crippen MR) is 50.9 cm³/mol. The lowest BCUT2D eigenvalue weighted by atomic mass is 9.96. The Labute approximate surface area is 77.7 Å². The van der Waals surface area contributed by atoms with Crippen LogP contribution in [0.4, 0.5) is 0 Å². The molecule has 1 unspecified atom stereocenters. The van der Waals surface area contributed by atoms with Gasteiger partial charge in [0.2, 0.25) is 0 Å². The van der Waals surface area contributed by atoms with E-state index in [1.165, 1.54) is 7.11 Å². The standard InChI is InChI=1S/C9H12O2S/c1-6-3-4-8(12)7(5-6)9(10)11-2/h3-4,6,12H,5H2,1-2H3. The van der Waals surface area contributed by atoms with Crippen LogP contribution in [0.25, 0.3) is 0 Å². The average Bonchev–Trinajstić information content (AvgIpc) is 2.08. The quantitative estimate of drug-likeness (QED) is 0.498. The van der Waals surface area contributed by atoms with Crippen LogP contribution >= 0.6 is 12.6 Å². The Hall–Kier alpha value is -0.700. The van der Waals surface area contributed by atoms with Crippen LogP contribution in [0.3, 0.4) is 0 Å². The number of ether oxygens (including phenoxy) is 1. The molecule has 3 heteroatoms. The lowest BCUT2D eigenvalue weighted by Gasteiger charge is -2.15. The van der Waals surface area contributed by atoms with Crippen LogP contribution in [0, 0.1) is 5.92 Å². The zero-order chi connectivity index (χ0) is 9.14. The third-order valence-electron chi connectivity index (χ3n) is 1.85. The van der Waals surface area contributed by atoms with E-state index >= 15 is 0 Å². The summed E-state index contributed by atoms with van der Waals surface area (Å²) >= 11 is 4.18. The zero-order valence-corrected chi connectivity index (χ0v) is 8.10. The van der Waals surface area contributed by atoms with Gasteiger partial charge in [-0.2, -0.15) is 0 Å². The number of hydrogen-bond donors (Lipinski definition) is 1. The first kappa shape index (κ1) is 9.39. The van der Waals surface area contributed by atoms with E-state index in [4.69, 9.17) is 0 Å². The second-order valence-electron chi connectivity index (χ2n) is 2.90. The molecule has 0 amide bonds. The van der Waals surface area contributed by atoms with E-state index in [-0.39, 0.29) is 5.97 Å². The maximum atomic E-state index is 11.2. The van der Waals surface area contributed by atoms with E-state index in [1.54, 1.807) is 0 Å². The van der Waals surface area contributed by atoms with Crippen LogP contribution < -0.4 is 0 Å². The Morgan fingerprint density at radius 1 is 1.75 bits per heavy atom. The summed E-state index contributed by atoms with van der Waals surface area (Å²) in [6.45, 7) is 2.06. The summed E-state index contributed by atoms with van der Waals surface area (Å²) in [5.41, 5.74) is 0.677. The summed E-state index contributed by atoms with van der Waals surface area (Å²) in [4.78, 5) is 11.9. The summed E-state index contributed by atoms with van der Waals surface area (Å²) in [6.07, 6.45) is 4.61. The minimum absolute atomic E-state index is 0.267. The molecule has 1 rings (SSSR count). The molecule has 0 heterocycles. The van der Waals surface area contributed by atoms with E-state index in [1.807, 2.05) is 12.2 Å². The molecule has 0 N–H and O–H groups in total. The monoisotopic (exact) mass is 184 g/mol. The van der Waals surface area contributed by atoms with E-state index in [0.29, 0.717) is 11.5 Å². The van der Waals surface area contributed by atoms with Crippen molar-refractivity contribution in [3.05, 3.63) is 22.6 Å². The summed E-state index contributed by atoms with van der Waals surface area (Å²) < 4.78 is 4.63. The van der Waals surface area contributed by atoms with Crippen LogP contribution in [0.1, 0.15) is 13.3 Å². The highest BCUT2D eigenvalue weighted by Gasteiger charge is 2.18. The predicted octanol–water partition coefficient (Wildman–Crippen LogP) is 1.94. The normalized spacial score (nSPS) is 22.8. The maximum Gasteiger partial charge on any atom is 0.334 e. The van der Waals surface area contributed by atoms with Crippen LogP contribution in [-0.4, -0.2) is 13.1 Å². The molecule has 0 spiro atoms. The van der Waals surface area contributed by atoms with Gasteiger partial charge in [0, 0.05) is 4.91 Å². The Morgan fingerprint density at radius 2 is 2.42 bits per heavy atom. The van der Waals surface area contributed by atoms with Gasteiger partial charge in [-0.1, -0.05) is 19.1 Å². The summed E-state index contributed by atoms with van der Waals surface area (Å²) in [5.74, 6) is 0.131. The topological polar surface area (TPSA) is 26.3 Å². The fourth-order valence-corrected chi connectivity index (χ4v) is 1.43. The third-order valence-corrected chi connectivity index (χ3v) is 2.27. The number of allylic oxidation sites excluding steroid dienone is 2. The first-order valence-electron chi connectivity index (χ1n) is 3.83. The van der Waals surface area contributed by atoms with E-state index < -0.39 is 0 Å². The lowest BCUT2D eigenvalue weighted by molar-refractivity contribution is -0.136. The molecular formula is C9H12O2S. The van der Waals surface area contributed by atoms with Gasteiger partial charge in [0.25, 0.3) is 0 Å². The van der Waals surface area contributed by atoms with Gasteiger partial charge in [-0.3, -0.25) is 0 Å². The van der Waals surface area contributed by atoms with Gasteiger partial charge in [-0.05, 0) is 12.3 Å². The number of carbonyl (C=O) groups is 1. The molecule has 0 aromatic rings. The molecule has 0 aromatic carbocycles. The fourth-order valence-electron chi connectivity index (χ4n) is 1.16.